The van der Waals surface area contributed by atoms with E-state index in [1.54, 1.807) is 0 Å². The third-order valence-corrected chi connectivity index (χ3v) is 11.7. The molecular weight excluding hydrogens is 1060 g/mol. The number of carbonyl (C=O) groups is 4. The summed E-state index contributed by atoms with van der Waals surface area (Å²) >= 11 is 4.50. The van der Waals surface area contributed by atoms with Gasteiger partial charge in [-0.1, -0.05) is 18.2 Å². The second-order valence-electron chi connectivity index (χ2n) is 17.9. The summed E-state index contributed by atoms with van der Waals surface area (Å²) in [7, 11) is 0. The number of nitrogens with one attached hydrogen (secondary N) is 5. The fraction of sp³-hybridized carbons (Fsp3) is 0.768. The lowest BCUT2D eigenvalue weighted by Crippen LogP contribution is -2.47. The van der Waals surface area contributed by atoms with Crippen molar-refractivity contribution in [3.05, 3.63) is 36.0 Å². The number of ether oxygens (including phenoxy) is 13. The summed E-state index contributed by atoms with van der Waals surface area (Å²) in [6, 6.07) is 7.35. The van der Waals surface area contributed by atoms with Gasteiger partial charge in [-0.05, 0) is 82.1 Å². The van der Waals surface area contributed by atoms with Gasteiger partial charge < -0.3 is 87.8 Å². The van der Waals surface area contributed by atoms with Crippen LogP contribution in [0.5, 0.6) is 0 Å². The second kappa shape index (κ2) is 55.5. The molecule has 0 aliphatic carbocycles. The Morgan fingerprint density at radius 3 is 1.49 bits per heavy atom. The highest BCUT2D eigenvalue weighted by atomic mass is 32.1. The molecule has 1 aromatic heterocycles. The van der Waals surface area contributed by atoms with Gasteiger partial charge in [-0.15, -0.1) is 0 Å². The third-order valence-electron chi connectivity index (χ3n) is 11.5. The van der Waals surface area contributed by atoms with Crippen LogP contribution in [0.15, 0.2) is 35.5 Å². The summed E-state index contributed by atoms with van der Waals surface area (Å²) in [6.45, 7) is 15.6. The van der Waals surface area contributed by atoms with E-state index in [1.807, 2.05) is 31.3 Å². The van der Waals surface area contributed by atoms with Crippen LogP contribution >= 0.6 is 12.2 Å². The van der Waals surface area contributed by atoms with Gasteiger partial charge in [0, 0.05) is 75.8 Å². The molecule has 0 bridgehead atoms. The maximum Gasteiger partial charge on any atom is 0.242 e. The van der Waals surface area contributed by atoms with Crippen molar-refractivity contribution >= 4 is 51.9 Å². The Morgan fingerprint density at radius 2 is 0.950 bits per heavy atom. The fourth-order valence-corrected chi connectivity index (χ4v) is 7.42. The Labute approximate surface area is 479 Å². The number of aryl methyl sites for hydroxylation is 1. The minimum absolute atomic E-state index is 0.0725. The topological polar surface area (TPSA) is 265 Å². The normalized spacial score (nSPS) is 11.7. The molecule has 5 N–H and O–H groups in total. The number of nitrogens with zero attached hydrogens (tertiary/aromatic N) is 1. The number of fused-ring (bicyclic) bond motifs is 1. The zero-order chi connectivity index (χ0) is 57.3. The van der Waals surface area contributed by atoms with Crippen LogP contribution < -0.4 is 21.3 Å². The quantitative estimate of drug-likeness (QED) is 0.0358. The van der Waals surface area contributed by atoms with Crippen molar-refractivity contribution in [2.45, 2.75) is 83.6 Å². The molecule has 0 aliphatic heterocycles. The number of hydrogen-bond acceptors (Lipinski definition) is 19. The number of para-hydroxylation sites is 1. The lowest BCUT2D eigenvalue weighted by molar-refractivity contribution is -0.129. The first kappa shape index (κ1) is 72.0. The average molecular weight is 1160 g/mol. The van der Waals surface area contributed by atoms with Gasteiger partial charge in [-0.25, -0.2) is 4.99 Å². The molecule has 23 nitrogen and oxygen atoms in total. The molecule has 458 valence electrons. The van der Waals surface area contributed by atoms with Crippen molar-refractivity contribution in [1.29, 1.82) is 0 Å². The molecule has 0 spiro atoms. The van der Waals surface area contributed by atoms with Crippen molar-refractivity contribution in [1.82, 2.24) is 26.3 Å². The smallest absolute Gasteiger partial charge is 0.242 e. The van der Waals surface area contributed by atoms with Crippen molar-refractivity contribution in [3.8, 4) is 0 Å². The Balaban J connectivity index is 1.43. The molecule has 0 radical (unpaired) electrons. The van der Waals surface area contributed by atoms with Crippen LogP contribution in [0.25, 0.3) is 10.9 Å². The van der Waals surface area contributed by atoms with E-state index in [0.717, 1.165) is 42.1 Å². The molecule has 0 fully saturated rings. The number of hydrogen-bond donors (Lipinski definition) is 5. The van der Waals surface area contributed by atoms with Gasteiger partial charge in [0.15, 0.2) is 0 Å². The number of carbonyl (C=O) groups excluding carboxylic acids is 4. The molecule has 1 atom stereocenters. The fourth-order valence-electron chi connectivity index (χ4n) is 7.32. The lowest BCUT2D eigenvalue weighted by atomic mass is 10.1. The van der Waals surface area contributed by atoms with E-state index in [1.165, 1.54) is 0 Å². The number of aliphatic imine (C=N–C) groups is 1. The third kappa shape index (κ3) is 44.6. The first-order chi connectivity index (χ1) is 39.4. The number of aromatic amines is 1. The van der Waals surface area contributed by atoms with E-state index in [9.17, 15) is 19.2 Å². The minimum Gasteiger partial charge on any atom is -0.379 e. The van der Waals surface area contributed by atoms with Crippen molar-refractivity contribution in [2.24, 2.45) is 4.99 Å². The SMILES string of the molecule is CCOCCOCCNC(=O)CCOCCOCCOCCOCCCCCOCCOCCOCCNC(=O)C(CCCCNC(=O)CCOCCOCCOCCOCCN=C=S)NC(=O)CCCc1c[nH]c2ccccc12. The molecule has 2 rings (SSSR count). The van der Waals surface area contributed by atoms with Gasteiger partial charge in [-0.2, -0.15) is 0 Å². The van der Waals surface area contributed by atoms with Crippen molar-refractivity contribution in [3.63, 3.8) is 0 Å². The Hall–Kier alpha value is -4.08. The number of aromatic nitrogens is 1. The number of H-pyrrole nitrogens is 1. The number of rotatable bonds is 60. The molecule has 0 saturated heterocycles. The highest BCUT2D eigenvalue weighted by Gasteiger charge is 2.20. The molecule has 2 aromatic rings. The molecule has 1 unspecified atom stereocenters. The molecule has 1 heterocycles. The molecule has 24 heteroatoms. The number of benzene rings is 1. The summed E-state index contributed by atoms with van der Waals surface area (Å²) < 4.78 is 71.4. The van der Waals surface area contributed by atoms with E-state index in [0.29, 0.717) is 217 Å². The largest absolute Gasteiger partial charge is 0.379 e. The summed E-state index contributed by atoms with van der Waals surface area (Å²) in [5, 5.41) is 15.0. The minimum atomic E-state index is -0.721. The standard InChI is InChI=1S/C56H96N6O17S/c1-2-67-29-30-73-27-20-59-54(64)17-25-71-34-40-77-44-43-76-38-32-69-23-9-3-8-22-68-31-37-75-42-36-74-28-21-60-56(66)52(62-55(65)15-10-11-49-47-61-51-13-5-4-12-50(49)51)14-6-7-18-58-53(63)16-24-70-33-39-78-45-46-79-41-35-72-26-19-57-48-80/h4-5,12-13,47,52,61H,2-3,6-11,14-46H2,1H3,(H,58,63)(H,59,64)(H,60,66)(H,62,65). The van der Waals surface area contributed by atoms with Gasteiger partial charge >= 0.3 is 0 Å². The zero-order valence-electron chi connectivity index (χ0n) is 47.8. The zero-order valence-corrected chi connectivity index (χ0v) is 48.6. The summed E-state index contributed by atoms with van der Waals surface area (Å²) in [5.41, 5.74) is 2.21. The predicted octanol–water partition coefficient (Wildman–Crippen LogP) is 3.78. The van der Waals surface area contributed by atoms with Crippen LogP contribution in [-0.2, 0) is 87.2 Å². The first-order valence-electron chi connectivity index (χ1n) is 28.6. The lowest BCUT2D eigenvalue weighted by Gasteiger charge is -2.19. The molecular formula is C56H96N6O17S. The Kier molecular flexibility index (Phi) is 49.9. The van der Waals surface area contributed by atoms with E-state index in [4.69, 9.17) is 61.6 Å². The van der Waals surface area contributed by atoms with Gasteiger partial charge in [0.2, 0.25) is 23.6 Å². The van der Waals surface area contributed by atoms with Crippen molar-refractivity contribution < 1.29 is 80.8 Å². The van der Waals surface area contributed by atoms with Gasteiger partial charge in [0.1, 0.15) is 6.04 Å². The van der Waals surface area contributed by atoms with Crippen LogP contribution in [0.4, 0.5) is 0 Å². The van der Waals surface area contributed by atoms with Gasteiger partial charge in [0.25, 0.3) is 0 Å². The number of thiocarbonyl (C=S) groups is 1. The maximum atomic E-state index is 13.3. The molecule has 4 amide bonds. The highest BCUT2D eigenvalue weighted by molar-refractivity contribution is 7.78. The molecule has 80 heavy (non-hydrogen) atoms. The first-order valence-corrected chi connectivity index (χ1v) is 29.0. The number of amides is 4. The van der Waals surface area contributed by atoms with E-state index in [-0.39, 0.29) is 49.6 Å². The highest BCUT2D eigenvalue weighted by Crippen LogP contribution is 2.19. The summed E-state index contributed by atoms with van der Waals surface area (Å²) in [5.74, 6) is -0.664. The van der Waals surface area contributed by atoms with Crippen molar-refractivity contribution in [2.75, 3.05) is 198 Å². The summed E-state index contributed by atoms with van der Waals surface area (Å²) in [4.78, 5) is 57.6. The molecule has 0 aliphatic rings. The van der Waals surface area contributed by atoms with Crippen LogP contribution in [0.1, 0.15) is 76.7 Å². The predicted molar refractivity (Wildman–Crippen MR) is 305 cm³/mol. The second-order valence-corrected chi connectivity index (χ2v) is 18.1. The molecule has 0 saturated carbocycles. The van der Waals surface area contributed by atoms with Crippen LogP contribution in [0.2, 0.25) is 0 Å². The summed E-state index contributed by atoms with van der Waals surface area (Å²) in [6.07, 6.45) is 8.69. The Morgan fingerprint density at radius 1 is 0.487 bits per heavy atom. The molecule has 1 aromatic carbocycles. The van der Waals surface area contributed by atoms with Crippen LogP contribution in [0, 0.1) is 0 Å². The van der Waals surface area contributed by atoms with E-state index < -0.39 is 6.04 Å². The monoisotopic (exact) mass is 1160 g/mol. The van der Waals surface area contributed by atoms with Gasteiger partial charge in [-0.3, -0.25) is 19.2 Å². The Bertz CT molecular complexity index is 1850. The maximum absolute atomic E-state index is 13.3. The van der Waals surface area contributed by atoms with Crippen LogP contribution in [-0.4, -0.2) is 238 Å². The van der Waals surface area contributed by atoms with E-state index >= 15 is 0 Å². The average Bonchev–Trinajstić information content (AvgIpc) is 3.87. The van der Waals surface area contributed by atoms with E-state index in [2.05, 4.69) is 54.7 Å². The van der Waals surface area contributed by atoms with Gasteiger partial charge in [0.05, 0.1) is 164 Å². The van der Waals surface area contributed by atoms with Crippen LogP contribution in [0.3, 0.4) is 0 Å². The number of isothiocyanates is 1. The number of unbranched alkanes of at least 4 members (excludes halogenated alkanes) is 3.